The van der Waals surface area contributed by atoms with Crippen LogP contribution in [0, 0.1) is 11.8 Å². The maximum absolute atomic E-state index is 4.47. The molecule has 124 valence electrons. The minimum atomic E-state index is 0.735. The molecule has 0 bridgehead atoms. The van der Waals surface area contributed by atoms with E-state index in [4.69, 9.17) is 0 Å². The van der Waals surface area contributed by atoms with E-state index in [2.05, 4.69) is 64.8 Å². The highest BCUT2D eigenvalue weighted by Crippen LogP contribution is 2.46. The molecular weight excluding hydrogens is 284 g/mol. The number of pyridine rings is 1. The lowest BCUT2D eigenvalue weighted by Gasteiger charge is -2.27. The number of hydrogen-bond acceptors (Lipinski definition) is 3. The van der Waals surface area contributed by atoms with Gasteiger partial charge in [-0.25, -0.2) is 4.52 Å². The van der Waals surface area contributed by atoms with E-state index in [1.54, 1.807) is 0 Å². The van der Waals surface area contributed by atoms with Gasteiger partial charge in [-0.1, -0.05) is 6.07 Å². The van der Waals surface area contributed by atoms with E-state index in [-0.39, 0.29) is 0 Å². The first-order chi connectivity index (χ1) is 11.1. The van der Waals surface area contributed by atoms with Crippen LogP contribution in [0.4, 0.5) is 0 Å². The highest BCUT2D eigenvalue weighted by molar-refractivity contribution is 5.46. The van der Waals surface area contributed by atoms with Crippen molar-refractivity contribution < 1.29 is 0 Å². The molecule has 0 saturated heterocycles. The smallest absolute Gasteiger partial charge is 0.0665 e. The molecule has 4 atom stereocenters. The van der Waals surface area contributed by atoms with Gasteiger partial charge in [0.05, 0.1) is 11.2 Å². The predicted octanol–water partition coefficient (Wildman–Crippen LogP) is 2.88. The van der Waals surface area contributed by atoms with Gasteiger partial charge < -0.3 is 4.90 Å². The molecule has 2 saturated carbocycles. The lowest BCUT2D eigenvalue weighted by molar-refractivity contribution is 0.209. The van der Waals surface area contributed by atoms with E-state index < -0.39 is 0 Å². The molecule has 4 heteroatoms. The number of hydrogen-bond donors (Lipinski definition) is 0. The molecule has 0 spiro atoms. The van der Waals surface area contributed by atoms with Crippen molar-refractivity contribution in [2.45, 2.75) is 44.3 Å². The van der Waals surface area contributed by atoms with Crippen LogP contribution in [0.25, 0.3) is 5.52 Å². The van der Waals surface area contributed by atoms with Gasteiger partial charge in [0.25, 0.3) is 0 Å². The first kappa shape index (κ1) is 15.2. The number of aromatic nitrogens is 2. The molecule has 4 rings (SSSR count). The van der Waals surface area contributed by atoms with E-state index in [1.165, 1.54) is 36.9 Å². The highest BCUT2D eigenvalue weighted by atomic mass is 15.2. The Kier molecular flexibility index (Phi) is 3.90. The van der Waals surface area contributed by atoms with Crippen molar-refractivity contribution in [3.8, 4) is 0 Å². The summed E-state index contributed by atoms with van der Waals surface area (Å²) in [6.07, 6.45) is 7.44. The monoisotopic (exact) mass is 312 g/mol. The van der Waals surface area contributed by atoms with E-state index >= 15 is 0 Å². The van der Waals surface area contributed by atoms with Crippen LogP contribution in [0.3, 0.4) is 0 Å². The average molecular weight is 312 g/mol. The Labute approximate surface area is 139 Å². The Hall–Kier alpha value is -1.39. The van der Waals surface area contributed by atoms with Crippen LogP contribution < -0.4 is 0 Å². The maximum atomic E-state index is 4.47. The molecule has 2 aromatic heterocycles. The number of nitrogens with zero attached hydrogens (tertiary/aromatic N) is 4. The van der Waals surface area contributed by atoms with Gasteiger partial charge in [0.2, 0.25) is 0 Å². The Bertz CT molecular complexity index is 663. The van der Waals surface area contributed by atoms with Gasteiger partial charge in [-0.15, -0.1) is 0 Å². The molecule has 2 heterocycles. The van der Waals surface area contributed by atoms with Gasteiger partial charge in [0, 0.05) is 24.8 Å². The van der Waals surface area contributed by atoms with Gasteiger partial charge in [0.15, 0.2) is 0 Å². The Morgan fingerprint density at radius 3 is 2.39 bits per heavy atom. The largest absolute Gasteiger partial charge is 0.306 e. The SMILES string of the molecule is CN(C)C1C[C@@H]2CC(N(C)Cc3cccc4ccnn34)C[C@@H]2C1. The molecule has 0 radical (unpaired) electrons. The van der Waals surface area contributed by atoms with Crippen LogP contribution in [-0.2, 0) is 6.54 Å². The van der Waals surface area contributed by atoms with Crippen molar-refractivity contribution in [1.82, 2.24) is 19.4 Å². The minimum absolute atomic E-state index is 0.735. The molecule has 2 aliphatic rings. The van der Waals surface area contributed by atoms with Crippen molar-refractivity contribution in [1.29, 1.82) is 0 Å². The first-order valence-electron chi connectivity index (χ1n) is 8.90. The Morgan fingerprint density at radius 1 is 1.00 bits per heavy atom. The Morgan fingerprint density at radius 2 is 1.70 bits per heavy atom. The molecule has 2 unspecified atom stereocenters. The molecule has 2 fully saturated rings. The molecule has 0 amide bonds. The van der Waals surface area contributed by atoms with E-state index in [9.17, 15) is 0 Å². The normalized spacial score (nSPS) is 30.7. The van der Waals surface area contributed by atoms with E-state index in [0.717, 1.165) is 30.5 Å². The quantitative estimate of drug-likeness (QED) is 0.867. The van der Waals surface area contributed by atoms with Crippen LogP contribution in [0.1, 0.15) is 31.4 Å². The molecular formula is C19H28N4. The minimum Gasteiger partial charge on any atom is -0.306 e. The van der Waals surface area contributed by atoms with Crippen LogP contribution in [0.15, 0.2) is 30.5 Å². The fourth-order valence-corrected chi connectivity index (χ4v) is 4.85. The summed E-state index contributed by atoms with van der Waals surface area (Å²) in [5.41, 5.74) is 2.48. The Balaban J connectivity index is 1.42. The summed E-state index contributed by atoms with van der Waals surface area (Å²) in [7, 11) is 6.76. The van der Waals surface area contributed by atoms with Gasteiger partial charge in [-0.2, -0.15) is 5.10 Å². The van der Waals surface area contributed by atoms with Gasteiger partial charge in [-0.05, 0) is 76.9 Å². The fourth-order valence-electron chi connectivity index (χ4n) is 4.85. The number of rotatable bonds is 4. The number of fused-ring (bicyclic) bond motifs is 2. The van der Waals surface area contributed by atoms with Gasteiger partial charge >= 0.3 is 0 Å². The molecule has 0 aliphatic heterocycles. The van der Waals surface area contributed by atoms with Crippen molar-refractivity contribution in [2.75, 3.05) is 21.1 Å². The third-order valence-electron chi connectivity index (χ3n) is 6.23. The summed E-state index contributed by atoms with van der Waals surface area (Å²) in [5.74, 6) is 1.88. The second-order valence-electron chi connectivity index (χ2n) is 7.83. The van der Waals surface area contributed by atoms with Crippen LogP contribution in [0.2, 0.25) is 0 Å². The van der Waals surface area contributed by atoms with Crippen molar-refractivity contribution in [3.63, 3.8) is 0 Å². The predicted molar refractivity (Wildman–Crippen MR) is 93.4 cm³/mol. The molecule has 2 aliphatic carbocycles. The summed E-state index contributed by atoms with van der Waals surface area (Å²) in [4.78, 5) is 4.98. The van der Waals surface area contributed by atoms with E-state index in [1.807, 2.05) is 6.20 Å². The second-order valence-corrected chi connectivity index (χ2v) is 7.83. The van der Waals surface area contributed by atoms with Crippen LogP contribution in [-0.4, -0.2) is 52.6 Å². The summed E-state index contributed by atoms with van der Waals surface area (Å²) >= 11 is 0. The van der Waals surface area contributed by atoms with Crippen LogP contribution in [0.5, 0.6) is 0 Å². The zero-order valence-electron chi connectivity index (χ0n) is 14.5. The highest BCUT2D eigenvalue weighted by Gasteiger charge is 2.43. The standard InChI is InChI=1S/C19H28N4/c1-21(2)18-9-14-11-19(12-15(14)10-18)22(3)13-17-6-4-5-16-7-8-20-23(16)17/h4-8,14-15,18-19H,9-13H2,1-3H3/t14-,15+,18?,19?. The average Bonchev–Trinajstić information content (AvgIpc) is 3.21. The third-order valence-corrected chi connectivity index (χ3v) is 6.23. The topological polar surface area (TPSA) is 23.8 Å². The van der Waals surface area contributed by atoms with Gasteiger partial charge in [0.1, 0.15) is 0 Å². The summed E-state index contributed by atoms with van der Waals surface area (Å²) in [6, 6.07) is 10.1. The summed E-state index contributed by atoms with van der Waals surface area (Å²) in [5, 5.41) is 4.47. The maximum Gasteiger partial charge on any atom is 0.0665 e. The van der Waals surface area contributed by atoms with E-state index in [0.29, 0.717) is 0 Å². The van der Waals surface area contributed by atoms with Crippen molar-refractivity contribution in [3.05, 3.63) is 36.2 Å². The molecule has 4 nitrogen and oxygen atoms in total. The zero-order chi connectivity index (χ0) is 16.0. The third kappa shape index (κ3) is 2.79. The summed E-state index contributed by atoms with van der Waals surface area (Å²) in [6.45, 7) is 0.986. The molecule has 0 aromatic carbocycles. The fraction of sp³-hybridized carbons (Fsp3) is 0.632. The molecule has 0 N–H and O–H groups in total. The van der Waals surface area contributed by atoms with Crippen molar-refractivity contribution in [2.24, 2.45) is 11.8 Å². The zero-order valence-corrected chi connectivity index (χ0v) is 14.5. The van der Waals surface area contributed by atoms with Crippen LogP contribution >= 0.6 is 0 Å². The first-order valence-corrected chi connectivity index (χ1v) is 8.90. The second kappa shape index (κ2) is 5.91. The summed E-state index contributed by atoms with van der Waals surface area (Å²) < 4.78 is 2.08. The molecule has 23 heavy (non-hydrogen) atoms. The van der Waals surface area contributed by atoms with Crippen molar-refractivity contribution >= 4 is 5.52 Å². The lowest BCUT2D eigenvalue weighted by Crippen LogP contribution is -2.32. The lowest BCUT2D eigenvalue weighted by atomic mass is 10.0. The molecule has 2 aromatic rings. The van der Waals surface area contributed by atoms with Gasteiger partial charge in [-0.3, -0.25) is 4.90 Å².